The van der Waals surface area contributed by atoms with E-state index in [1.807, 2.05) is 45.3 Å². The van der Waals surface area contributed by atoms with Crippen LogP contribution in [-0.2, 0) is 4.74 Å². The average molecular weight is 551 g/mol. The van der Waals surface area contributed by atoms with Crippen LogP contribution in [0, 0.1) is 0 Å². The standard InChI is InChI=1S/C31H30N6O4/c1-31(2,3)41-30(40)36-15-13-35(14-16-36)22-9-7-20(8-10-22)21-17-33-28-26(18-34-37(28)19-21)23-11-12-32-27-24(23)5-4-6-25(27)29(38)39/h4-12,17-19H,13-16H2,1-3H3,(H,38,39). The summed E-state index contributed by atoms with van der Waals surface area (Å²) in [6, 6.07) is 15.3. The van der Waals surface area contributed by atoms with Gasteiger partial charge in [-0.25, -0.2) is 19.1 Å². The molecular formula is C31H30N6O4. The molecule has 1 amide bonds. The molecule has 0 radical (unpaired) electrons. The number of piperazine rings is 1. The molecule has 1 N–H and O–H groups in total. The van der Waals surface area contributed by atoms with Gasteiger partial charge in [0, 0.05) is 67.0 Å². The summed E-state index contributed by atoms with van der Waals surface area (Å²) in [6.07, 6.45) is 6.85. The van der Waals surface area contributed by atoms with Gasteiger partial charge in [0.25, 0.3) is 0 Å². The number of carboxylic acid groups (broad SMARTS) is 1. The molecule has 1 fully saturated rings. The predicted molar refractivity (Wildman–Crippen MR) is 156 cm³/mol. The number of ether oxygens (including phenoxy) is 1. The fourth-order valence-electron chi connectivity index (χ4n) is 5.14. The number of aromatic nitrogens is 4. The summed E-state index contributed by atoms with van der Waals surface area (Å²) in [5, 5.41) is 14.9. The molecule has 1 aliphatic heterocycles. The van der Waals surface area contributed by atoms with Gasteiger partial charge in [-0.05, 0) is 56.2 Å². The van der Waals surface area contributed by atoms with Gasteiger partial charge in [-0.2, -0.15) is 5.10 Å². The highest BCUT2D eigenvalue weighted by atomic mass is 16.6. The molecule has 1 aliphatic rings. The van der Waals surface area contributed by atoms with Gasteiger partial charge in [0.1, 0.15) is 5.60 Å². The summed E-state index contributed by atoms with van der Waals surface area (Å²) in [5.74, 6) is -1.02. The minimum Gasteiger partial charge on any atom is -0.478 e. The summed E-state index contributed by atoms with van der Waals surface area (Å²) < 4.78 is 7.24. The number of aromatic carboxylic acids is 1. The molecule has 0 unspecified atom stereocenters. The molecule has 3 aromatic heterocycles. The van der Waals surface area contributed by atoms with Gasteiger partial charge in [0.2, 0.25) is 0 Å². The van der Waals surface area contributed by atoms with Crippen molar-refractivity contribution in [1.82, 2.24) is 24.5 Å². The number of rotatable bonds is 4. The Hall–Kier alpha value is -4.99. The Morgan fingerprint density at radius 2 is 1.63 bits per heavy atom. The SMILES string of the molecule is CC(C)(C)OC(=O)N1CCN(c2ccc(-c3cnc4c(-c5ccnc6c(C(=O)O)cccc56)cnn4c3)cc2)CC1. The molecule has 0 spiro atoms. The Morgan fingerprint density at radius 1 is 0.878 bits per heavy atom. The molecule has 2 aromatic carbocycles. The van der Waals surface area contributed by atoms with Crippen molar-refractivity contribution < 1.29 is 19.4 Å². The highest BCUT2D eigenvalue weighted by Crippen LogP contribution is 2.32. The van der Waals surface area contributed by atoms with Crippen LogP contribution < -0.4 is 4.90 Å². The number of para-hydroxylation sites is 1. The van der Waals surface area contributed by atoms with E-state index in [0.29, 0.717) is 24.3 Å². The van der Waals surface area contributed by atoms with E-state index in [2.05, 4.69) is 39.2 Å². The highest BCUT2D eigenvalue weighted by Gasteiger charge is 2.26. The van der Waals surface area contributed by atoms with E-state index in [1.54, 1.807) is 33.9 Å². The first-order valence-electron chi connectivity index (χ1n) is 13.5. The maximum Gasteiger partial charge on any atom is 0.410 e. The van der Waals surface area contributed by atoms with E-state index in [-0.39, 0.29) is 11.7 Å². The zero-order valence-electron chi connectivity index (χ0n) is 23.1. The molecule has 6 rings (SSSR count). The first kappa shape index (κ1) is 26.2. The van der Waals surface area contributed by atoms with Crippen LogP contribution in [0.4, 0.5) is 10.5 Å². The van der Waals surface area contributed by atoms with Gasteiger partial charge in [0.05, 0.1) is 17.3 Å². The molecular weight excluding hydrogens is 520 g/mol. The van der Waals surface area contributed by atoms with E-state index >= 15 is 0 Å². The lowest BCUT2D eigenvalue weighted by atomic mass is 10.0. The number of nitrogens with zero attached hydrogens (tertiary/aromatic N) is 6. The molecule has 208 valence electrons. The minimum absolute atomic E-state index is 0.157. The quantitative estimate of drug-likeness (QED) is 0.318. The molecule has 0 bridgehead atoms. The first-order chi connectivity index (χ1) is 19.7. The van der Waals surface area contributed by atoms with Gasteiger partial charge in [0.15, 0.2) is 5.65 Å². The maximum absolute atomic E-state index is 12.4. The Morgan fingerprint density at radius 3 is 2.34 bits per heavy atom. The fourth-order valence-corrected chi connectivity index (χ4v) is 5.14. The summed E-state index contributed by atoms with van der Waals surface area (Å²) in [4.78, 5) is 37.1. The van der Waals surface area contributed by atoms with Gasteiger partial charge < -0.3 is 19.6 Å². The number of carboxylic acids is 1. The van der Waals surface area contributed by atoms with Crippen LogP contribution in [0.25, 0.3) is 38.8 Å². The molecule has 4 heterocycles. The molecule has 0 saturated carbocycles. The van der Waals surface area contributed by atoms with Crippen molar-refractivity contribution in [3.63, 3.8) is 0 Å². The number of benzene rings is 2. The molecule has 1 saturated heterocycles. The number of fused-ring (bicyclic) bond motifs is 2. The average Bonchev–Trinajstić information content (AvgIpc) is 3.39. The number of hydrogen-bond acceptors (Lipinski definition) is 7. The smallest absolute Gasteiger partial charge is 0.410 e. The summed E-state index contributed by atoms with van der Waals surface area (Å²) in [7, 11) is 0. The number of amides is 1. The van der Waals surface area contributed by atoms with Crippen molar-refractivity contribution in [2.45, 2.75) is 26.4 Å². The molecule has 0 atom stereocenters. The number of anilines is 1. The van der Waals surface area contributed by atoms with E-state index < -0.39 is 11.6 Å². The molecule has 5 aromatic rings. The number of carbonyl (C=O) groups is 2. The van der Waals surface area contributed by atoms with Gasteiger partial charge in [-0.3, -0.25) is 4.98 Å². The molecule has 41 heavy (non-hydrogen) atoms. The Labute approximate surface area is 236 Å². The molecule has 0 aliphatic carbocycles. The second-order valence-corrected chi connectivity index (χ2v) is 11.0. The number of pyridine rings is 1. The van der Waals surface area contributed by atoms with Crippen LogP contribution in [0.15, 0.2) is 73.3 Å². The van der Waals surface area contributed by atoms with E-state index in [1.165, 1.54) is 0 Å². The van der Waals surface area contributed by atoms with E-state index in [9.17, 15) is 14.7 Å². The van der Waals surface area contributed by atoms with Gasteiger partial charge in [-0.1, -0.05) is 24.3 Å². The van der Waals surface area contributed by atoms with Crippen molar-refractivity contribution in [1.29, 1.82) is 0 Å². The lowest BCUT2D eigenvalue weighted by molar-refractivity contribution is 0.0240. The third kappa shape index (κ3) is 5.16. The third-order valence-electron chi connectivity index (χ3n) is 7.15. The Balaban J connectivity index is 1.21. The second kappa shape index (κ2) is 10.2. The van der Waals surface area contributed by atoms with Crippen LogP contribution in [-0.4, -0.2) is 73.4 Å². The van der Waals surface area contributed by atoms with Gasteiger partial charge >= 0.3 is 12.1 Å². The molecule has 10 nitrogen and oxygen atoms in total. The highest BCUT2D eigenvalue weighted by molar-refractivity contribution is 6.07. The second-order valence-electron chi connectivity index (χ2n) is 11.0. The van der Waals surface area contributed by atoms with Gasteiger partial charge in [-0.15, -0.1) is 0 Å². The first-order valence-corrected chi connectivity index (χ1v) is 13.5. The lowest BCUT2D eigenvalue weighted by Gasteiger charge is -2.36. The third-order valence-corrected chi connectivity index (χ3v) is 7.15. The summed E-state index contributed by atoms with van der Waals surface area (Å²) >= 11 is 0. The van der Waals surface area contributed by atoms with E-state index in [4.69, 9.17) is 9.72 Å². The normalized spacial score (nSPS) is 14.0. The maximum atomic E-state index is 12.4. The van der Waals surface area contributed by atoms with Crippen molar-refractivity contribution in [2.75, 3.05) is 31.1 Å². The number of carbonyl (C=O) groups excluding carboxylic acids is 1. The zero-order chi connectivity index (χ0) is 28.7. The predicted octanol–water partition coefficient (Wildman–Crippen LogP) is 5.37. The zero-order valence-corrected chi connectivity index (χ0v) is 23.1. The Kier molecular flexibility index (Phi) is 6.53. The van der Waals surface area contributed by atoms with Crippen molar-refractivity contribution in [3.05, 3.63) is 78.9 Å². The summed E-state index contributed by atoms with van der Waals surface area (Å²) in [6.45, 7) is 8.33. The van der Waals surface area contributed by atoms with Crippen LogP contribution in [0.3, 0.4) is 0 Å². The fraction of sp³-hybridized carbons (Fsp3) is 0.258. The van der Waals surface area contributed by atoms with E-state index in [0.717, 1.165) is 46.4 Å². The van der Waals surface area contributed by atoms with Crippen molar-refractivity contribution in [2.24, 2.45) is 0 Å². The largest absolute Gasteiger partial charge is 0.478 e. The minimum atomic E-state index is -1.02. The van der Waals surface area contributed by atoms with Crippen LogP contribution in [0.1, 0.15) is 31.1 Å². The van der Waals surface area contributed by atoms with Crippen molar-refractivity contribution in [3.8, 4) is 22.3 Å². The molecule has 10 heteroatoms. The van der Waals surface area contributed by atoms with Crippen LogP contribution >= 0.6 is 0 Å². The monoisotopic (exact) mass is 550 g/mol. The lowest BCUT2D eigenvalue weighted by Crippen LogP contribution is -2.50. The topological polar surface area (TPSA) is 113 Å². The number of hydrogen-bond donors (Lipinski definition) is 1. The van der Waals surface area contributed by atoms with Crippen LogP contribution in [0.2, 0.25) is 0 Å². The van der Waals surface area contributed by atoms with Crippen LogP contribution in [0.5, 0.6) is 0 Å². The summed E-state index contributed by atoms with van der Waals surface area (Å²) in [5.41, 5.74) is 5.40. The van der Waals surface area contributed by atoms with Crippen molar-refractivity contribution >= 4 is 34.3 Å². The Bertz CT molecular complexity index is 1770.